The minimum atomic E-state index is -0.384. The van der Waals surface area contributed by atoms with Crippen LogP contribution in [0.4, 0.5) is 0 Å². The van der Waals surface area contributed by atoms with Crippen molar-refractivity contribution in [1.82, 2.24) is 28.2 Å². The monoisotopic (exact) mass is 346 g/mol. The molecular formula is C16H22N6O3. The van der Waals surface area contributed by atoms with E-state index in [0.717, 1.165) is 10.4 Å². The molecule has 0 aliphatic carbocycles. The number of imidazole rings is 2. The molecule has 3 heterocycles. The summed E-state index contributed by atoms with van der Waals surface area (Å²) in [5, 5.41) is 0. The van der Waals surface area contributed by atoms with E-state index in [9.17, 15) is 9.59 Å². The van der Waals surface area contributed by atoms with Gasteiger partial charge in [-0.1, -0.05) is 0 Å². The van der Waals surface area contributed by atoms with E-state index in [1.807, 2.05) is 24.6 Å². The Labute approximate surface area is 144 Å². The van der Waals surface area contributed by atoms with Crippen molar-refractivity contribution in [1.29, 1.82) is 0 Å². The third-order valence-corrected chi connectivity index (χ3v) is 4.33. The number of aromatic nitrogens is 6. The summed E-state index contributed by atoms with van der Waals surface area (Å²) in [6, 6.07) is 0. The molecule has 0 aliphatic rings. The van der Waals surface area contributed by atoms with Crippen LogP contribution in [0.15, 0.2) is 28.3 Å². The van der Waals surface area contributed by atoms with Crippen molar-refractivity contribution in [2.45, 2.75) is 33.0 Å². The summed E-state index contributed by atoms with van der Waals surface area (Å²) in [5.41, 5.74) is 0.0834. The molecule has 1 atom stereocenters. The van der Waals surface area contributed by atoms with Gasteiger partial charge in [-0.2, -0.15) is 0 Å². The van der Waals surface area contributed by atoms with Gasteiger partial charge in [0.05, 0.1) is 6.33 Å². The number of aryl methyl sites for hydroxylation is 3. The first-order valence-electron chi connectivity index (χ1n) is 8.19. The summed E-state index contributed by atoms with van der Waals surface area (Å²) >= 11 is 0. The molecule has 0 amide bonds. The van der Waals surface area contributed by atoms with E-state index in [1.165, 1.54) is 11.6 Å². The largest absolute Gasteiger partial charge is 0.371 e. The molecule has 0 radical (unpaired) electrons. The number of nitrogens with zero attached hydrogens (tertiary/aromatic N) is 6. The quantitative estimate of drug-likeness (QED) is 0.646. The Hall–Kier alpha value is -2.68. The summed E-state index contributed by atoms with van der Waals surface area (Å²) in [6.07, 6.45) is 5.11. The van der Waals surface area contributed by atoms with E-state index in [2.05, 4.69) is 9.97 Å². The van der Waals surface area contributed by atoms with Gasteiger partial charge < -0.3 is 13.9 Å². The fourth-order valence-corrected chi connectivity index (χ4v) is 2.97. The van der Waals surface area contributed by atoms with Crippen molar-refractivity contribution in [3.05, 3.63) is 45.4 Å². The molecule has 3 rings (SSSR count). The van der Waals surface area contributed by atoms with Crippen LogP contribution in [0.25, 0.3) is 11.2 Å². The van der Waals surface area contributed by atoms with Crippen LogP contribution >= 0.6 is 0 Å². The summed E-state index contributed by atoms with van der Waals surface area (Å²) in [7, 11) is 3.08. The van der Waals surface area contributed by atoms with Crippen LogP contribution < -0.4 is 11.2 Å². The molecule has 0 spiro atoms. The zero-order valence-corrected chi connectivity index (χ0v) is 14.8. The van der Waals surface area contributed by atoms with Crippen LogP contribution in [-0.2, 0) is 31.9 Å². The molecule has 1 unspecified atom stereocenters. The van der Waals surface area contributed by atoms with Gasteiger partial charge in [0.15, 0.2) is 11.2 Å². The standard InChI is InChI=1S/C16H22N6O3/c1-5-25-11(2)13-17-6-7-21(13)8-9-22-10-18-14-12(22)15(23)20(4)16(24)19(14)3/h6-7,10-11H,5,8-9H2,1-4H3. The van der Waals surface area contributed by atoms with Gasteiger partial charge in [0.25, 0.3) is 5.56 Å². The van der Waals surface area contributed by atoms with E-state index in [-0.39, 0.29) is 17.4 Å². The Morgan fingerprint density at radius 2 is 1.84 bits per heavy atom. The van der Waals surface area contributed by atoms with Gasteiger partial charge >= 0.3 is 5.69 Å². The highest BCUT2D eigenvalue weighted by molar-refractivity contribution is 5.69. The van der Waals surface area contributed by atoms with E-state index in [1.54, 1.807) is 24.1 Å². The van der Waals surface area contributed by atoms with Crippen LogP contribution in [0.1, 0.15) is 25.8 Å². The second-order valence-corrected chi connectivity index (χ2v) is 5.89. The molecule has 0 fully saturated rings. The molecule has 0 saturated heterocycles. The fraction of sp³-hybridized carbons (Fsp3) is 0.500. The van der Waals surface area contributed by atoms with Crippen molar-refractivity contribution in [2.75, 3.05) is 6.61 Å². The highest BCUT2D eigenvalue weighted by Gasteiger charge is 2.15. The molecule has 0 saturated carbocycles. The maximum absolute atomic E-state index is 12.5. The Morgan fingerprint density at radius 1 is 1.12 bits per heavy atom. The lowest BCUT2D eigenvalue weighted by molar-refractivity contribution is 0.0673. The van der Waals surface area contributed by atoms with Crippen LogP contribution in [0, 0.1) is 0 Å². The summed E-state index contributed by atoms with van der Waals surface area (Å²) in [6.45, 7) is 5.67. The maximum Gasteiger partial charge on any atom is 0.332 e. The Balaban J connectivity index is 1.92. The zero-order valence-electron chi connectivity index (χ0n) is 14.8. The minimum absolute atomic E-state index is 0.103. The zero-order chi connectivity index (χ0) is 18.1. The molecule has 0 bridgehead atoms. The number of hydrogen-bond acceptors (Lipinski definition) is 5. The summed E-state index contributed by atoms with van der Waals surface area (Å²) < 4.78 is 11.9. The lowest BCUT2D eigenvalue weighted by atomic mass is 10.3. The van der Waals surface area contributed by atoms with Crippen LogP contribution in [0.5, 0.6) is 0 Å². The summed E-state index contributed by atoms with van der Waals surface area (Å²) in [4.78, 5) is 33.0. The predicted octanol–water partition coefficient (Wildman–Crippen LogP) is 0.428. The van der Waals surface area contributed by atoms with Gasteiger partial charge in [-0.15, -0.1) is 0 Å². The minimum Gasteiger partial charge on any atom is -0.371 e. The van der Waals surface area contributed by atoms with Crippen molar-refractivity contribution < 1.29 is 4.74 Å². The normalized spacial score (nSPS) is 12.8. The van der Waals surface area contributed by atoms with Gasteiger partial charge in [0, 0.05) is 46.2 Å². The van der Waals surface area contributed by atoms with Crippen molar-refractivity contribution >= 4 is 11.2 Å². The number of fused-ring (bicyclic) bond motifs is 1. The fourth-order valence-electron chi connectivity index (χ4n) is 2.97. The van der Waals surface area contributed by atoms with Gasteiger partial charge in [-0.25, -0.2) is 14.8 Å². The lowest BCUT2D eigenvalue weighted by Crippen LogP contribution is -2.37. The third-order valence-electron chi connectivity index (χ3n) is 4.33. The molecule has 0 aliphatic heterocycles. The Kier molecular flexibility index (Phi) is 4.58. The van der Waals surface area contributed by atoms with Crippen LogP contribution in [0.3, 0.4) is 0 Å². The van der Waals surface area contributed by atoms with Crippen LogP contribution in [0.2, 0.25) is 0 Å². The molecule has 134 valence electrons. The molecule has 9 nitrogen and oxygen atoms in total. The first-order chi connectivity index (χ1) is 12.0. The molecule has 3 aromatic heterocycles. The van der Waals surface area contributed by atoms with Crippen molar-refractivity contribution in [3.63, 3.8) is 0 Å². The molecule has 0 N–H and O–H groups in total. The smallest absolute Gasteiger partial charge is 0.332 e. The Bertz CT molecular complexity index is 1010. The molecule has 25 heavy (non-hydrogen) atoms. The lowest BCUT2D eigenvalue weighted by Gasteiger charge is -2.14. The Morgan fingerprint density at radius 3 is 2.56 bits per heavy atom. The number of hydrogen-bond donors (Lipinski definition) is 0. The van der Waals surface area contributed by atoms with E-state index in [4.69, 9.17) is 4.74 Å². The summed E-state index contributed by atoms with van der Waals surface area (Å²) in [5.74, 6) is 0.839. The SMILES string of the molecule is CCOC(C)c1nccn1CCn1cnc2c1c(=O)n(C)c(=O)n2C. The van der Waals surface area contributed by atoms with Gasteiger partial charge in [-0.05, 0) is 13.8 Å². The van der Waals surface area contributed by atoms with Gasteiger partial charge in [-0.3, -0.25) is 13.9 Å². The van der Waals surface area contributed by atoms with Crippen LogP contribution in [-0.4, -0.2) is 34.8 Å². The average molecular weight is 346 g/mol. The predicted molar refractivity (Wildman–Crippen MR) is 92.5 cm³/mol. The molecule has 0 aromatic carbocycles. The highest BCUT2D eigenvalue weighted by Crippen LogP contribution is 2.15. The molecular weight excluding hydrogens is 324 g/mol. The second-order valence-electron chi connectivity index (χ2n) is 5.89. The maximum atomic E-state index is 12.5. The average Bonchev–Trinajstić information content (AvgIpc) is 3.23. The van der Waals surface area contributed by atoms with Crippen molar-refractivity contribution in [2.24, 2.45) is 14.1 Å². The van der Waals surface area contributed by atoms with E-state index in [0.29, 0.717) is 30.9 Å². The first-order valence-corrected chi connectivity index (χ1v) is 8.19. The number of rotatable bonds is 6. The molecule has 3 aromatic rings. The van der Waals surface area contributed by atoms with E-state index < -0.39 is 0 Å². The van der Waals surface area contributed by atoms with Gasteiger partial charge in [0.2, 0.25) is 0 Å². The number of ether oxygens (including phenoxy) is 1. The molecule has 9 heteroatoms. The third kappa shape index (κ3) is 2.91. The van der Waals surface area contributed by atoms with Crippen molar-refractivity contribution in [3.8, 4) is 0 Å². The second kappa shape index (κ2) is 6.67. The topological polar surface area (TPSA) is 88.9 Å². The highest BCUT2D eigenvalue weighted by atomic mass is 16.5. The first kappa shape index (κ1) is 17.2. The van der Waals surface area contributed by atoms with E-state index >= 15 is 0 Å². The van der Waals surface area contributed by atoms with Gasteiger partial charge in [0.1, 0.15) is 11.9 Å².